The van der Waals surface area contributed by atoms with Gasteiger partial charge in [0, 0.05) is 31.2 Å². The average molecular weight is 426 g/mol. The zero-order valence-corrected chi connectivity index (χ0v) is 17.2. The summed E-state index contributed by atoms with van der Waals surface area (Å²) < 4.78 is 19.9. The molecule has 1 aliphatic heterocycles. The molecule has 3 heterocycles. The molecule has 0 unspecified atom stereocenters. The van der Waals surface area contributed by atoms with E-state index in [-0.39, 0.29) is 18.0 Å². The summed E-state index contributed by atoms with van der Waals surface area (Å²) in [6.45, 7) is 2.53. The Labute approximate surface area is 177 Å². The maximum Gasteiger partial charge on any atom is 0.130 e. The summed E-state index contributed by atoms with van der Waals surface area (Å²) in [5.41, 5.74) is 3.89. The van der Waals surface area contributed by atoms with Crippen LogP contribution in [0.25, 0.3) is 16.7 Å². The summed E-state index contributed by atoms with van der Waals surface area (Å²) >= 11 is 6.28. The number of fused-ring (bicyclic) bond motifs is 1. The molecule has 1 saturated heterocycles. The number of halogens is 2. The Morgan fingerprint density at radius 1 is 1.30 bits per heavy atom. The normalized spacial score (nSPS) is 19.1. The molecule has 5 rings (SSSR count). The van der Waals surface area contributed by atoms with E-state index in [0.29, 0.717) is 29.4 Å². The Hall–Kier alpha value is -2.97. The topological polar surface area (TPSA) is 71.9 Å². The number of ether oxygens (including phenoxy) is 1. The van der Waals surface area contributed by atoms with Gasteiger partial charge in [0.15, 0.2) is 0 Å². The first-order valence-corrected chi connectivity index (χ1v) is 9.95. The minimum atomic E-state index is -0.382. The predicted octanol–water partition coefficient (Wildman–Crippen LogP) is 4.01. The number of anilines is 1. The first-order chi connectivity index (χ1) is 14.5. The summed E-state index contributed by atoms with van der Waals surface area (Å²) in [4.78, 5) is 11.7. The van der Waals surface area contributed by atoms with Crippen LogP contribution in [0.4, 0.5) is 10.1 Å². The molecular formula is C21H19ClFN6O. The Morgan fingerprint density at radius 3 is 2.87 bits per heavy atom. The van der Waals surface area contributed by atoms with E-state index >= 15 is 0 Å². The second kappa shape index (κ2) is 7.37. The van der Waals surface area contributed by atoms with Crippen LogP contribution in [0.2, 0.25) is 5.02 Å². The molecule has 1 aliphatic rings. The molecular weight excluding hydrogens is 407 g/mol. The van der Waals surface area contributed by atoms with Crippen LogP contribution in [0, 0.1) is 18.8 Å². The number of nitrogens with one attached hydrogen (secondary N) is 1. The van der Waals surface area contributed by atoms with Crippen LogP contribution in [0.15, 0.2) is 36.7 Å². The van der Waals surface area contributed by atoms with Crippen LogP contribution in [0.5, 0.6) is 0 Å². The highest BCUT2D eigenvalue weighted by Gasteiger charge is 2.37. The van der Waals surface area contributed by atoms with Crippen molar-refractivity contribution in [1.82, 2.24) is 25.0 Å². The van der Waals surface area contributed by atoms with Crippen molar-refractivity contribution in [3.05, 3.63) is 65.0 Å². The van der Waals surface area contributed by atoms with E-state index in [9.17, 15) is 4.39 Å². The van der Waals surface area contributed by atoms with Gasteiger partial charge >= 0.3 is 0 Å². The quantitative estimate of drug-likeness (QED) is 0.535. The first-order valence-electron chi connectivity index (χ1n) is 9.57. The van der Waals surface area contributed by atoms with Gasteiger partial charge in [-0.1, -0.05) is 11.6 Å². The maximum atomic E-state index is 14.2. The zero-order chi connectivity index (χ0) is 20.8. The number of aromatic nitrogens is 5. The Bertz CT molecular complexity index is 1210. The number of aryl methyl sites for hydroxylation is 1. The summed E-state index contributed by atoms with van der Waals surface area (Å²) in [6, 6.07) is 9.32. The van der Waals surface area contributed by atoms with E-state index in [1.54, 1.807) is 19.5 Å². The van der Waals surface area contributed by atoms with Gasteiger partial charge in [-0.3, -0.25) is 0 Å². The number of H-pyrrole nitrogens is 1. The van der Waals surface area contributed by atoms with Gasteiger partial charge in [-0.25, -0.2) is 9.37 Å². The smallest absolute Gasteiger partial charge is 0.130 e. The van der Waals surface area contributed by atoms with Crippen LogP contribution in [-0.2, 0) is 4.74 Å². The average Bonchev–Trinajstić information content (AvgIpc) is 3.49. The van der Waals surface area contributed by atoms with Crippen LogP contribution >= 0.6 is 11.6 Å². The highest BCUT2D eigenvalue weighted by molar-refractivity contribution is 6.32. The fourth-order valence-electron chi connectivity index (χ4n) is 4.02. The number of benzene rings is 2. The Balaban J connectivity index is 1.63. The zero-order valence-electron chi connectivity index (χ0n) is 16.4. The van der Waals surface area contributed by atoms with Gasteiger partial charge in [-0.05, 0) is 36.8 Å². The third-order valence-electron chi connectivity index (χ3n) is 5.57. The standard InChI is InChI=1S/C21H19ClFN6O/c1-12-15(22)4-5-16-20(12)27-21(26-16)19-10-14(30-2)11-28(19)18-9-13(23)3-6-17(18)29-24-7-8-25-29/h3-5,7-9,14,19H,10-11H2,1-2H3,(H,26,27)/t14-,19+/m1/s1. The van der Waals surface area contributed by atoms with Crippen molar-refractivity contribution in [3.8, 4) is 5.69 Å². The van der Waals surface area contributed by atoms with E-state index in [1.807, 2.05) is 19.1 Å². The number of hydrogen-bond acceptors (Lipinski definition) is 5. The van der Waals surface area contributed by atoms with Gasteiger partial charge < -0.3 is 14.6 Å². The molecule has 0 aliphatic carbocycles. The number of nitrogens with zero attached hydrogens (tertiary/aromatic N) is 5. The second-order valence-corrected chi connectivity index (χ2v) is 7.73. The molecule has 7 nitrogen and oxygen atoms in total. The Kier molecular flexibility index (Phi) is 4.67. The largest absolute Gasteiger partial charge is 0.380 e. The molecule has 1 N–H and O–H groups in total. The lowest BCUT2D eigenvalue weighted by Crippen LogP contribution is -2.27. The van der Waals surface area contributed by atoms with Gasteiger partial charge in [0.05, 0.1) is 41.3 Å². The summed E-state index contributed by atoms with van der Waals surface area (Å²) in [7, 11) is 1.68. The molecule has 2 aromatic carbocycles. The minimum Gasteiger partial charge on any atom is -0.380 e. The van der Waals surface area contributed by atoms with Crippen molar-refractivity contribution in [3.63, 3.8) is 0 Å². The van der Waals surface area contributed by atoms with E-state index < -0.39 is 0 Å². The molecule has 30 heavy (non-hydrogen) atoms. The van der Waals surface area contributed by atoms with Crippen LogP contribution in [-0.4, -0.2) is 44.7 Å². The molecule has 2 atom stereocenters. The van der Waals surface area contributed by atoms with Crippen molar-refractivity contribution < 1.29 is 9.13 Å². The number of hydrogen-bond donors (Lipinski definition) is 1. The van der Waals surface area contributed by atoms with Crippen molar-refractivity contribution in [2.24, 2.45) is 0 Å². The third kappa shape index (κ3) is 3.12. The predicted molar refractivity (Wildman–Crippen MR) is 111 cm³/mol. The van der Waals surface area contributed by atoms with Gasteiger partial charge in [-0.2, -0.15) is 10.2 Å². The molecule has 0 saturated carbocycles. The fourth-order valence-corrected chi connectivity index (χ4v) is 4.18. The highest BCUT2D eigenvalue weighted by atomic mass is 35.5. The number of aromatic amines is 1. The van der Waals surface area contributed by atoms with E-state index in [1.165, 1.54) is 16.9 Å². The summed E-state index contributed by atoms with van der Waals surface area (Å²) in [6.07, 6.45) is 3.82. The van der Waals surface area contributed by atoms with Crippen molar-refractivity contribution >= 4 is 28.3 Å². The third-order valence-corrected chi connectivity index (χ3v) is 5.98. The second-order valence-electron chi connectivity index (χ2n) is 7.32. The van der Waals surface area contributed by atoms with E-state index in [0.717, 1.165) is 22.4 Å². The molecule has 0 amide bonds. The van der Waals surface area contributed by atoms with Crippen molar-refractivity contribution in [2.45, 2.75) is 25.5 Å². The lowest BCUT2D eigenvalue weighted by atomic mass is 10.1. The number of methoxy groups -OCH3 is 1. The molecule has 4 aromatic rings. The van der Waals surface area contributed by atoms with E-state index in [4.69, 9.17) is 21.3 Å². The molecule has 1 radical (unpaired) electrons. The maximum absolute atomic E-state index is 14.2. The Morgan fingerprint density at radius 2 is 2.10 bits per heavy atom. The fraction of sp³-hybridized carbons (Fsp3) is 0.286. The van der Waals surface area contributed by atoms with Crippen LogP contribution < -0.4 is 4.90 Å². The summed E-state index contributed by atoms with van der Waals surface area (Å²) in [5, 5.41) is 9.08. The van der Waals surface area contributed by atoms with Gasteiger partial charge in [-0.15, -0.1) is 4.80 Å². The molecule has 9 heteroatoms. The lowest BCUT2D eigenvalue weighted by Gasteiger charge is -2.27. The lowest BCUT2D eigenvalue weighted by molar-refractivity contribution is 0.118. The number of rotatable bonds is 4. The van der Waals surface area contributed by atoms with Gasteiger partial charge in [0.1, 0.15) is 17.3 Å². The van der Waals surface area contributed by atoms with E-state index in [2.05, 4.69) is 26.1 Å². The molecule has 2 aromatic heterocycles. The van der Waals surface area contributed by atoms with Crippen molar-refractivity contribution in [1.29, 1.82) is 0 Å². The van der Waals surface area contributed by atoms with Gasteiger partial charge in [0.2, 0.25) is 0 Å². The van der Waals surface area contributed by atoms with Crippen LogP contribution in [0.3, 0.4) is 0 Å². The summed E-state index contributed by atoms with van der Waals surface area (Å²) in [5.74, 6) is 0.395. The molecule has 0 spiro atoms. The molecule has 1 fully saturated rings. The minimum absolute atomic E-state index is 0.0328. The molecule has 0 bridgehead atoms. The highest BCUT2D eigenvalue weighted by Crippen LogP contribution is 2.39. The van der Waals surface area contributed by atoms with Crippen LogP contribution in [0.1, 0.15) is 23.9 Å². The van der Waals surface area contributed by atoms with Crippen molar-refractivity contribution in [2.75, 3.05) is 18.6 Å². The SMILES string of the molecule is CO[C@@H]1C[C@@H](c2nc3ccc(Cl)c(C)c3[nH]2)N(c2cc(F)c[c]c2-n2nccn2)C1. The molecule has 153 valence electrons. The monoisotopic (exact) mass is 425 g/mol. The number of imidazole rings is 1. The first kappa shape index (κ1) is 19.0. The van der Waals surface area contributed by atoms with Gasteiger partial charge in [0.25, 0.3) is 0 Å².